The van der Waals surface area contributed by atoms with E-state index in [4.69, 9.17) is 4.74 Å². The lowest BCUT2D eigenvalue weighted by molar-refractivity contribution is 0.415. The Labute approximate surface area is 120 Å². The van der Waals surface area contributed by atoms with Gasteiger partial charge in [0, 0.05) is 11.1 Å². The number of ether oxygens (including phenoxy) is 1. The van der Waals surface area contributed by atoms with Gasteiger partial charge < -0.3 is 9.30 Å². The van der Waals surface area contributed by atoms with Crippen LogP contribution in [0, 0.1) is 0 Å². The number of fused-ring (bicyclic) bond motifs is 3. The van der Waals surface area contributed by atoms with Crippen molar-refractivity contribution in [3.8, 4) is 11.4 Å². The van der Waals surface area contributed by atoms with Crippen LogP contribution in [0.15, 0.2) is 60.0 Å². The Bertz CT molecular complexity index is 886. The first-order valence-corrected chi connectivity index (χ1v) is 7.37. The molecule has 4 aromatic rings. The Kier molecular flexibility index (Phi) is 2.54. The Hall–Kier alpha value is -2.26. The van der Waals surface area contributed by atoms with Gasteiger partial charge in [0.2, 0.25) is 0 Å². The molecule has 20 heavy (non-hydrogen) atoms. The number of thiophene rings is 1. The quantitative estimate of drug-likeness (QED) is 0.511. The molecule has 98 valence electrons. The summed E-state index contributed by atoms with van der Waals surface area (Å²) >= 11 is 1.79. The second kappa shape index (κ2) is 4.39. The van der Waals surface area contributed by atoms with E-state index in [-0.39, 0.29) is 0 Å². The van der Waals surface area contributed by atoms with Crippen LogP contribution in [0.4, 0.5) is 0 Å². The third-order valence-electron chi connectivity index (χ3n) is 3.61. The van der Waals surface area contributed by atoms with Gasteiger partial charge in [-0.2, -0.15) is 0 Å². The highest BCUT2D eigenvalue weighted by molar-refractivity contribution is 7.18. The summed E-state index contributed by atoms with van der Waals surface area (Å²) in [5.41, 5.74) is 3.68. The average molecular weight is 279 g/mol. The molecule has 0 saturated carbocycles. The summed E-state index contributed by atoms with van der Waals surface area (Å²) in [6.45, 7) is 0. The minimum absolute atomic E-state index is 0.881. The van der Waals surface area contributed by atoms with Gasteiger partial charge in [-0.3, -0.25) is 0 Å². The second-order valence-corrected chi connectivity index (χ2v) is 5.60. The van der Waals surface area contributed by atoms with Crippen molar-refractivity contribution < 1.29 is 4.74 Å². The van der Waals surface area contributed by atoms with E-state index in [2.05, 4.69) is 52.4 Å². The van der Waals surface area contributed by atoms with Crippen molar-refractivity contribution in [1.82, 2.24) is 4.57 Å². The Balaban J connectivity index is 2.06. The van der Waals surface area contributed by atoms with Crippen LogP contribution in [0.1, 0.15) is 0 Å². The molecule has 0 unspecified atom stereocenters. The van der Waals surface area contributed by atoms with Crippen LogP contribution in [-0.2, 0) is 0 Å². The topological polar surface area (TPSA) is 14.2 Å². The Morgan fingerprint density at radius 1 is 0.900 bits per heavy atom. The standard InChI is InChI=1S/C17H13NOS/c1-19-13-8-6-12(7-9-13)18-15-5-3-2-4-14(15)17-16(18)10-11-20-17/h2-11H,1H3. The fourth-order valence-corrected chi connectivity index (χ4v) is 3.59. The van der Waals surface area contributed by atoms with Crippen molar-refractivity contribution in [1.29, 1.82) is 0 Å². The molecule has 0 saturated heterocycles. The zero-order valence-electron chi connectivity index (χ0n) is 11.0. The summed E-state index contributed by atoms with van der Waals surface area (Å²) < 4.78 is 8.89. The molecule has 3 heteroatoms. The van der Waals surface area contributed by atoms with Gasteiger partial charge in [0.1, 0.15) is 5.75 Å². The average Bonchev–Trinajstić information content (AvgIpc) is 3.08. The minimum Gasteiger partial charge on any atom is -0.497 e. The first-order valence-electron chi connectivity index (χ1n) is 6.49. The number of aromatic nitrogens is 1. The van der Waals surface area contributed by atoms with Crippen LogP contribution in [-0.4, -0.2) is 11.7 Å². The zero-order valence-corrected chi connectivity index (χ0v) is 11.9. The lowest BCUT2D eigenvalue weighted by atomic mass is 10.2. The van der Waals surface area contributed by atoms with Gasteiger partial charge in [0.05, 0.1) is 22.8 Å². The molecule has 4 rings (SSSR count). The van der Waals surface area contributed by atoms with E-state index < -0.39 is 0 Å². The molecule has 2 heterocycles. The zero-order chi connectivity index (χ0) is 13.5. The van der Waals surface area contributed by atoms with E-state index in [0.717, 1.165) is 11.4 Å². The highest BCUT2D eigenvalue weighted by Crippen LogP contribution is 2.35. The summed E-state index contributed by atoms with van der Waals surface area (Å²) in [6, 6.07) is 18.9. The lowest BCUT2D eigenvalue weighted by Crippen LogP contribution is -1.93. The smallest absolute Gasteiger partial charge is 0.119 e. The van der Waals surface area contributed by atoms with Crippen LogP contribution in [0.3, 0.4) is 0 Å². The van der Waals surface area contributed by atoms with Crippen molar-refractivity contribution in [2.45, 2.75) is 0 Å². The molecule has 0 radical (unpaired) electrons. The van der Waals surface area contributed by atoms with E-state index >= 15 is 0 Å². The summed E-state index contributed by atoms with van der Waals surface area (Å²) in [5.74, 6) is 0.881. The monoisotopic (exact) mass is 279 g/mol. The fourth-order valence-electron chi connectivity index (χ4n) is 2.68. The first-order chi connectivity index (χ1) is 9.88. The van der Waals surface area contributed by atoms with E-state index in [1.807, 2.05) is 12.1 Å². The third-order valence-corrected chi connectivity index (χ3v) is 4.54. The lowest BCUT2D eigenvalue weighted by Gasteiger charge is -2.07. The van der Waals surface area contributed by atoms with Crippen LogP contribution in [0.5, 0.6) is 5.75 Å². The van der Waals surface area contributed by atoms with E-state index in [9.17, 15) is 0 Å². The summed E-state index contributed by atoms with van der Waals surface area (Å²) in [4.78, 5) is 0. The van der Waals surface area contributed by atoms with Gasteiger partial charge in [-0.25, -0.2) is 0 Å². The third kappa shape index (κ3) is 1.57. The molecule has 0 fully saturated rings. The van der Waals surface area contributed by atoms with Gasteiger partial charge in [-0.05, 0) is 41.8 Å². The van der Waals surface area contributed by atoms with Crippen LogP contribution in [0.2, 0.25) is 0 Å². The number of rotatable bonds is 2. The molecular weight excluding hydrogens is 266 g/mol. The molecule has 0 amide bonds. The van der Waals surface area contributed by atoms with E-state index in [1.165, 1.54) is 21.1 Å². The molecular formula is C17H13NOS. The van der Waals surface area contributed by atoms with Gasteiger partial charge >= 0.3 is 0 Å². The maximum absolute atomic E-state index is 5.24. The predicted molar refractivity (Wildman–Crippen MR) is 85.2 cm³/mol. The van der Waals surface area contributed by atoms with Gasteiger partial charge in [0.25, 0.3) is 0 Å². The molecule has 0 aliphatic rings. The summed E-state index contributed by atoms with van der Waals surface area (Å²) in [5, 5.41) is 3.46. The van der Waals surface area contributed by atoms with Crippen molar-refractivity contribution in [2.75, 3.05) is 7.11 Å². The SMILES string of the molecule is COc1ccc(-n2c3ccccc3c3sccc32)cc1. The van der Waals surface area contributed by atoms with Crippen molar-refractivity contribution in [3.05, 3.63) is 60.0 Å². The molecule has 0 aliphatic heterocycles. The highest BCUT2D eigenvalue weighted by Gasteiger charge is 2.12. The maximum Gasteiger partial charge on any atom is 0.119 e. The number of methoxy groups -OCH3 is 1. The Morgan fingerprint density at radius 3 is 2.50 bits per heavy atom. The van der Waals surface area contributed by atoms with Crippen LogP contribution < -0.4 is 4.74 Å². The molecule has 0 bridgehead atoms. The normalized spacial score (nSPS) is 11.2. The van der Waals surface area contributed by atoms with Crippen LogP contribution in [0.25, 0.3) is 26.8 Å². The number of hydrogen-bond donors (Lipinski definition) is 0. The number of hydrogen-bond acceptors (Lipinski definition) is 2. The minimum atomic E-state index is 0.881. The Morgan fingerprint density at radius 2 is 1.70 bits per heavy atom. The van der Waals surface area contributed by atoms with Gasteiger partial charge in [-0.1, -0.05) is 18.2 Å². The van der Waals surface area contributed by atoms with Crippen molar-refractivity contribution in [2.24, 2.45) is 0 Å². The van der Waals surface area contributed by atoms with Crippen molar-refractivity contribution in [3.63, 3.8) is 0 Å². The number of para-hydroxylation sites is 1. The van der Waals surface area contributed by atoms with E-state index in [0.29, 0.717) is 0 Å². The second-order valence-electron chi connectivity index (χ2n) is 4.69. The highest BCUT2D eigenvalue weighted by atomic mass is 32.1. The fraction of sp³-hybridized carbons (Fsp3) is 0.0588. The molecule has 0 aliphatic carbocycles. The molecule has 0 spiro atoms. The summed E-state index contributed by atoms with van der Waals surface area (Å²) in [7, 11) is 1.69. The molecule has 2 aromatic carbocycles. The first kappa shape index (κ1) is 11.6. The van der Waals surface area contributed by atoms with E-state index in [1.54, 1.807) is 18.4 Å². The maximum atomic E-state index is 5.24. The summed E-state index contributed by atoms with van der Waals surface area (Å²) in [6.07, 6.45) is 0. The predicted octanol–water partition coefficient (Wildman–Crippen LogP) is 4.85. The van der Waals surface area contributed by atoms with Gasteiger partial charge in [-0.15, -0.1) is 11.3 Å². The van der Waals surface area contributed by atoms with Crippen LogP contribution >= 0.6 is 11.3 Å². The molecule has 2 aromatic heterocycles. The molecule has 0 N–H and O–H groups in total. The number of benzene rings is 2. The molecule has 0 atom stereocenters. The van der Waals surface area contributed by atoms with Gasteiger partial charge in [0.15, 0.2) is 0 Å². The number of nitrogens with zero attached hydrogens (tertiary/aromatic N) is 1. The molecule has 2 nitrogen and oxygen atoms in total. The van der Waals surface area contributed by atoms with Crippen molar-refractivity contribution >= 4 is 32.5 Å². The largest absolute Gasteiger partial charge is 0.497 e.